The van der Waals surface area contributed by atoms with Gasteiger partial charge in [-0.05, 0) is 42.8 Å². The number of halogens is 4. The number of hydrogen-bond acceptors (Lipinski definition) is 5. The maximum Gasteiger partial charge on any atom is 0.416 e. The molecule has 4 nitrogen and oxygen atoms in total. The van der Waals surface area contributed by atoms with Gasteiger partial charge in [0.1, 0.15) is 0 Å². The maximum absolute atomic E-state index is 12.7. The lowest BCUT2D eigenvalue weighted by atomic mass is 10.2. The van der Waals surface area contributed by atoms with Gasteiger partial charge in [-0.2, -0.15) is 25.8 Å². The van der Waals surface area contributed by atoms with Crippen molar-refractivity contribution in [1.82, 2.24) is 4.57 Å². The first-order valence-electron chi connectivity index (χ1n) is 7.87. The van der Waals surface area contributed by atoms with Crippen molar-refractivity contribution >= 4 is 51.8 Å². The average molecular weight is 448 g/mol. The summed E-state index contributed by atoms with van der Waals surface area (Å²) in [7, 11) is 1.34. The van der Waals surface area contributed by atoms with Crippen LogP contribution in [0, 0.1) is 0 Å². The molecule has 1 heterocycles. The molecule has 2 aliphatic carbocycles. The first kappa shape index (κ1) is 20.8. The van der Waals surface area contributed by atoms with Crippen LogP contribution in [0.15, 0.2) is 35.1 Å². The summed E-state index contributed by atoms with van der Waals surface area (Å²) in [6.45, 7) is 1.66. The lowest BCUT2D eigenvalue weighted by Gasteiger charge is -2.10. The fourth-order valence-electron chi connectivity index (χ4n) is 2.58. The molecule has 0 saturated carbocycles. The Balaban J connectivity index is 0.000000279. The second kappa shape index (κ2) is 7.46. The normalized spacial score (nSPS) is 13.0. The molecule has 148 valence electrons. The van der Waals surface area contributed by atoms with Crippen LogP contribution < -0.4 is 4.87 Å². The fraction of sp³-hybridized carbons (Fsp3) is 0.222. The molecule has 4 rings (SSSR count). The molecule has 1 aromatic heterocycles. The van der Waals surface area contributed by atoms with Crippen LogP contribution in [-0.2, 0) is 15.7 Å². The third kappa shape index (κ3) is 3.92. The third-order valence-corrected chi connectivity index (χ3v) is 5.37. The van der Waals surface area contributed by atoms with Crippen LogP contribution in [-0.4, -0.2) is 22.9 Å². The average Bonchev–Trinajstić information content (AvgIpc) is 3.17. The van der Waals surface area contributed by atoms with Gasteiger partial charge in [-0.15, -0.1) is 0 Å². The van der Waals surface area contributed by atoms with Gasteiger partial charge in [0.2, 0.25) is 0 Å². The topological polar surface area (TPSA) is 48.3 Å². The molecule has 1 atom stereocenters. The molecule has 2 aromatic rings. The number of ether oxygens (including phenoxy) is 1. The zero-order valence-corrected chi connectivity index (χ0v) is 17.0. The number of thiol groups is 1. The number of fused-ring (bicyclic) bond motifs is 3. The van der Waals surface area contributed by atoms with Crippen LogP contribution in [0.3, 0.4) is 0 Å². The highest BCUT2D eigenvalue weighted by Gasteiger charge is 2.31. The van der Waals surface area contributed by atoms with Gasteiger partial charge in [0, 0.05) is 5.56 Å². The monoisotopic (exact) mass is 447 g/mol. The van der Waals surface area contributed by atoms with E-state index in [1.54, 1.807) is 6.92 Å². The van der Waals surface area contributed by atoms with Gasteiger partial charge in [-0.1, -0.05) is 22.9 Å². The largest absolute Gasteiger partial charge is 0.468 e. The number of carbonyl (C=O) groups is 1. The summed E-state index contributed by atoms with van der Waals surface area (Å²) in [5, 5.41) is -0.396. The number of esters is 1. The van der Waals surface area contributed by atoms with Crippen molar-refractivity contribution in [3.63, 3.8) is 0 Å². The van der Waals surface area contributed by atoms with E-state index in [9.17, 15) is 22.8 Å². The van der Waals surface area contributed by atoms with Crippen LogP contribution in [0.4, 0.5) is 13.2 Å². The number of alkyl halides is 3. The number of hydrogen-bond donors (Lipinski definition) is 1. The highest BCUT2D eigenvalue weighted by molar-refractivity contribution is 7.81. The SMILES string of the molecule is COC(=O)C(C)S.O=c1sc2cc3cc-3c2n1-c1ccc(C(F)(F)F)cc1Cl. The predicted octanol–water partition coefficient (Wildman–Crippen LogP) is 5.18. The standard InChI is InChI=1S/C14H5ClF3NOS.C4H8O2S/c15-9-5-7(14(16,17)18)1-2-10(9)19-12-8-3-6(8)4-11(12)21-13(19)20;1-3(7)4(5)6-2/h1-5H;3,7H,1-2H3. The molecule has 10 heteroatoms. The molecule has 2 aliphatic rings. The van der Waals surface area contributed by atoms with Crippen molar-refractivity contribution < 1.29 is 22.7 Å². The number of benzene rings is 2. The van der Waals surface area contributed by atoms with Crippen molar-refractivity contribution in [2.75, 3.05) is 7.11 Å². The van der Waals surface area contributed by atoms with Gasteiger partial charge in [0.05, 0.1) is 38.8 Å². The van der Waals surface area contributed by atoms with Crippen LogP contribution in [0.5, 0.6) is 0 Å². The summed E-state index contributed by atoms with van der Waals surface area (Å²) in [5.74, 6) is -0.289. The highest BCUT2D eigenvalue weighted by atomic mass is 35.5. The molecule has 0 fully saturated rings. The van der Waals surface area contributed by atoms with Crippen LogP contribution in [0.2, 0.25) is 5.02 Å². The summed E-state index contributed by atoms with van der Waals surface area (Å²) < 4.78 is 44.5. The number of nitrogens with zero attached hydrogens (tertiary/aromatic N) is 1. The van der Waals surface area contributed by atoms with Crippen molar-refractivity contribution in [1.29, 1.82) is 0 Å². The van der Waals surface area contributed by atoms with Gasteiger partial charge >= 0.3 is 17.0 Å². The van der Waals surface area contributed by atoms with Crippen LogP contribution >= 0.6 is 35.6 Å². The first-order valence-corrected chi connectivity index (χ1v) is 9.58. The Morgan fingerprint density at radius 3 is 2.46 bits per heavy atom. The van der Waals surface area contributed by atoms with Gasteiger partial charge in [-0.3, -0.25) is 14.2 Å². The molecule has 1 unspecified atom stereocenters. The van der Waals surface area contributed by atoms with Crippen molar-refractivity contribution in [2.45, 2.75) is 18.3 Å². The minimum atomic E-state index is -4.46. The Morgan fingerprint density at radius 1 is 1.29 bits per heavy atom. The Hall–Kier alpha value is -1.97. The highest BCUT2D eigenvalue weighted by Crippen LogP contribution is 2.45. The number of carbonyl (C=O) groups excluding carboxylic acids is 1. The van der Waals surface area contributed by atoms with E-state index in [0.29, 0.717) is 0 Å². The molecular formula is C18H13ClF3NO3S2. The lowest BCUT2D eigenvalue weighted by molar-refractivity contribution is -0.139. The molecule has 0 aliphatic heterocycles. The fourth-order valence-corrected chi connectivity index (χ4v) is 3.90. The molecule has 0 bridgehead atoms. The van der Waals surface area contributed by atoms with E-state index in [1.165, 1.54) is 17.7 Å². The molecule has 0 N–H and O–H groups in total. The van der Waals surface area contributed by atoms with E-state index in [4.69, 9.17) is 11.6 Å². The van der Waals surface area contributed by atoms with Gasteiger partial charge in [-0.25, -0.2) is 0 Å². The smallest absolute Gasteiger partial charge is 0.416 e. The molecule has 1 aromatic carbocycles. The van der Waals surface area contributed by atoms with E-state index in [0.717, 1.165) is 44.8 Å². The minimum absolute atomic E-state index is 0.0952. The van der Waals surface area contributed by atoms with Gasteiger partial charge in [0.15, 0.2) is 0 Å². The van der Waals surface area contributed by atoms with Gasteiger partial charge < -0.3 is 4.74 Å². The number of methoxy groups -OCH3 is 1. The quantitative estimate of drug-likeness (QED) is 0.340. The third-order valence-electron chi connectivity index (χ3n) is 3.96. The molecule has 0 saturated heterocycles. The molecule has 28 heavy (non-hydrogen) atoms. The van der Waals surface area contributed by atoms with Crippen LogP contribution in [0.1, 0.15) is 12.5 Å². The van der Waals surface area contributed by atoms with Crippen LogP contribution in [0.25, 0.3) is 27.0 Å². The second-order valence-corrected chi connectivity index (χ2v) is 8.11. The van der Waals surface area contributed by atoms with E-state index in [-0.39, 0.29) is 26.8 Å². The first-order chi connectivity index (χ1) is 13.0. The molecular weight excluding hydrogens is 435 g/mol. The minimum Gasteiger partial charge on any atom is -0.468 e. The Morgan fingerprint density at radius 2 is 1.96 bits per heavy atom. The summed E-state index contributed by atoms with van der Waals surface area (Å²) in [4.78, 5) is 22.0. The summed E-state index contributed by atoms with van der Waals surface area (Å²) in [6.07, 6.45) is -4.46. The molecule has 0 spiro atoms. The Kier molecular flexibility index (Phi) is 5.53. The van der Waals surface area contributed by atoms with Crippen molar-refractivity contribution in [2.24, 2.45) is 0 Å². The Bertz CT molecular complexity index is 1140. The maximum atomic E-state index is 12.7. The second-order valence-electron chi connectivity index (χ2n) is 5.94. The van der Waals surface area contributed by atoms with E-state index in [2.05, 4.69) is 17.4 Å². The van der Waals surface area contributed by atoms with E-state index >= 15 is 0 Å². The zero-order valence-electron chi connectivity index (χ0n) is 14.5. The van der Waals surface area contributed by atoms with Crippen molar-refractivity contribution in [3.05, 3.63) is 50.6 Å². The molecule has 0 radical (unpaired) electrons. The summed E-state index contributed by atoms with van der Waals surface area (Å²) >= 11 is 10.8. The number of thiazole rings is 1. The summed E-state index contributed by atoms with van der Waals surface area (Å²) in [6, 6.07) is 6.83. The Labute approximate surface area is 171 Å². The predicted molar refractivity (Wildman–Crippen MR) is 107 cm³/mol. The number of aromatic nitrogens is 1. The molecule has 0 amide bonds. The zero-order chi connectivity index (χ0) is 20.8. The lowest BCUT2D eigenvalue weighted by Crippen LogP contribution is -2.12. The van der Waals surface area contributed by atoms with E-state index in [1.807, 2.05) is 12.1 Å². The summed E-state index contributed by atoms with van der Waals surface area (Å²) in [5.41, 5.74) is 2.18. The number of rotatable bonds is 2. The van der Waals surface area contributed by atoms with E-state index < -0.39 is 11.7 Å². The van der Waals surface area contributed by atoms with Gasteiger partial charge in [0.25, 0.3) is 0 Å². The van der Waals surface area contributed by atoms with Crippen molar-refractivity contribution in [3.8, 4) is 16.8 Å².